The number of hydrogen-bond donors (Lipinski definition) is 1. The van der Waals surface area contributed by atoms with Crippen LogP contribution in [0, 0.1) is 0 Å². The van der Waals surface area contributed by atoms with Crippen molar-refractivity contribution in [3.8, 4) is 0 Å². The van der Waals surface area contributed by atoms with Crippen LogP contribution in [0.1, 0.15) is 5.69 Å². The van der Waals surface area contributed by atoms with Gasteiger partial charge in [0, 0.05) is 6.20 Å². The number of hydrogen-bond acceptors (Lipinski definition) is 4. The number of benzene rings is 1. The molecule has 3 rings (SSSR count). The fraction of sp³-hybridized carbons (Fsp3) is 0.0833. The molecule has 0 amide bonds. The molecule has 0 saturated heterocycles. The maximum absolute atomic E-state index is 5.91. The molecule has 2 N–H and O–H groups in total. The number of imidazole rings is 1. The van der Waals surface area contributed by atoms with Gasteiger partial charge in [0.05, 0.1) is 23.3 Å². The molecule has 0 fully saturated rings. The Hall–Kier alpha value is -2.43. The predicted octanol–water partition coefficient (Wildman–Crippen LogP) is 1.46. The number of aromatic nitrogens is 4. The Labute approximate surface area is 98.0 Å². The largest absolute Gasteiger partial charge is 0.369 e. The molecule has 0 aliphatic heterocycles. The van der Waals surface area contributed by atoms with E-state index >= 15 is 0 Å². The highest BCUT2D eigenvalue weighted by atomic mass is 15.2. The standard InChI is InChI=1S/C12H11N5/c13-12-16-10-3-1-2-4-11(10)17(12)7-9-5-6-14-8-15-9/h1-6,8H,7H2,(H2,13,16). The highest BCUT2D eigenvalue weighted by molar-refractivity contribution is 5.78. The Morgan fingerprint density at radius 1 is 1.18 bits per heavy atom. The van der Waals surface area contributed by atoms with Gasteiger partial charge < -0.3 is 10.3 Å². The Balaban J connectivity index is 2.08. The van der Waals surface area contributed by atoms with Crippen molar-refractivity contribution in [2.75, 3.05) is 5.73 Å². The average molecular weight is 225 g/mol. The van der Waals surface area contributed by atoms with Crippen LogP contribution in [0.5, 0.6) is 0 Å². The molecule has 1 aromatic carbocycles. The van der Waals surface area contributed by atoms with Crippen molar-refractivity contribution in [1.82, 2.24) is 19.5 Å². The van der Waals surface area contributed by atoms with Gasteiger partial charge in [-0.2, -0.15) is 0 Å². The fourth-order valence-corrected chi connectivity index (χ4v) is 1.83. The molecule has 0 aliphatic carbocycles. The number of anilines is 1. The van der Waals surface area contributed by atoms with Gasteiger partial charge in [0.2, 0.25) is 5.95 Å². The molecule has 2 heterocycles. The van der Waals surface area contributed by atoms with Gasteiger partial charge in [-0.25, -0.2) is 15.0 Å². The topological polar surface area (TPSA) is 69.6 Å². The number of nitrogen functional groups attached to an aromatic ring is 1. The first-order valence-corrected chi connectivity index (χ1v) is 5.30. The molecule has 0 radical (unpaired) electrons. The van der Waals surface area contributed by atoms with E-state index in [2.05, 4.69) is 15.0 Å². The van der Waals surface area contributed by atoms with E-state index in [1.54, 1.807) is 6.20 Å². The molecule has 0 aliphatic rings. The minimum absolute atomic E-state index is 0.504. The summed E-state index contributed by atoms with van der Waals surface area (Å²) in [4.78, 5) is 12.4. The van der Waals surface area contributed by atoms with Crippen LogP contribution < -0.4 is 5.73 Å². The van der Waals surface area contributed by atoms with E-state index in [1.165, 1.54) is 6.33 Å². The number of nitrogens with zero attached hydrogens (tertiary/aromatic N) is 4. The summed E-state index contributed by atoms with van der Waals surface area (Å²) in [6.45, 7) is 0.606. The van der Waals surface area contributed by atoms with Crippen molar-refractivity contribution in [3.05, 3.63) is 48.5 Å². The zero-order valence-corrected chi connectivity index (χ0v) is 9.11. The van der Waals surface area contributed by atoms with Gasteiger partial charge in [-0.1, -0.05) is 12.1 Å². The van der Waals surface area contributed by atoms with Crippen LogP contribution in [0.15, 0.2) is 42.9 Å². The highest BCUT2D eigenvalue weighted by Crippen LogP contribution is 2.18. The third-order valence-corrected chi connectivity index (χ3v) is 2.65. The zero-order chi connectivity index (χ0) is 11.7. The van der Waals surface area contributed by atoms with Crippen molar-refractivity contribution in [2.45, 2.75) is 6.54 Å². The van der Waals surface area contributed by atoms with Gasteiger partial charge in [0.15, 0.2) is 0 Å². The quantitative estimate of drug-likeness (QED) is 0.716. The summed E-state index contributed by atoms with van der Waals surface area (Å²) >= 11 is 0. The summed E-state index contributed by atoms with van der Waals surface area (Å²) in [7, 11) is 0. The summed E-state index contributed by atoms with van der Waals surface area (Å²) in [5.41, 5.74) is 8.74. The van der Waals surface area contributed by atoms with Gasteiger partial charge in [0.25, 0.3) is 0 Å². The molecule has 84 valence electrons. The molecule has 0 atom stereocenters. The fourth-order valence-electron chi connectivity index (χ4n) is 1.83. The monoisotopic (exact) mass is 225 g/mol. The Morgan fingerprint density at radius 3 is 2.88 bits per heavy atom. The van der Waals surface area contributed by atoms with E-state index in [4.69, 9.17) is 5.73 Å². The molecule has 0 spiro atoms. The van der Waals surface area contributed by atoms with E-state index < -0.39 is 0 Å². The Bertz CT molecular complexity index is 644. The van der Waals surface area contributed by atoms with E-state index in [0.717, 1.165) is 16.7 Å². The molecular weight excluding hydrogens is 214 g/mol. The maximum atomic E-state index is 5.91. The molecule has 17 heavy (non-hydrogen) atoms. The van der Waals surface area contributed by atoms with Gasteiger partial charge in [-0.15, -0.1) is 0 Å². The van der Waals surface area contributed by atoms with Gasteiger partial charge in [0.1, 0.15) is 6.33 Å². The third-order valence-electron chi connectivity index (χ3n) is 2.65. The SMILES string of the molecule is Nc1nc2ccccc2n1Cc1ccncn1. The first-order chi connectivity index (χ1) is 8.34. The van der Waals surface area contributed by atoms with Crippen LogP contribution in [-0.4, -0.2) is 19.5 Å². The van der Waals surface area contributed by atoms with Crippen LogP contribution in [0.2, 0.25) is 0 Å². The molecule has 5 nitrogen and oxygen atoms in total. The summed E-state index contributed by atoms with van der Waals surface area (Å²) in [5.74, 6) is 0.504. The van der Waals surface area contributed by atoms with E-state index in [1.807, 2.05) is 34.9 Å². The molecular formula is C12H11N5. The molecule has 0 saturated carbocycles. The lowest BCUT2D eigenvalue weighted by atomic mass is 10.3. The minimum Gasteiger partial charge on any atom is -0.369 e. The van der Waals surface area contributed by atoms with Crippen molar-refractivity contribution in [1.29, 1.82) is 0 Å². The van der Waals surface area contributed by atoms with E-state index in [0.29, 0.717) is 12.5 Å². The number of nitrogens with two attached hydrogens (primary N) is 1. The number of para-hydroxylation sites is 2. The van der Waals surface area contributed by atoms with Crippen LogP contribution in [0.3, 0.4) is 0 Å². The van der Waals surface area contributed by atoms with Crippen molar-refractivity contribution in [3.63, 3.8) is 0 Å². The van der Waals surface area contributed by atoms with Crippen LogP contribution >= 0.6 is 0 Å². The highest BCUT2D eigenvalue weighted by Gasteiger charge is 2.07. The summed E-state index contributed by atoms with van der Waals surface area (Å²) in [6.07, 6.45) is 3.25. The van der Waals surface area contributed by atoms with E-state index in [9.17, 15) is 0 Å². The smallest absolute Gasteiger partial charge is 0.201 e. The Kier molecular flexibility index (Phi) is 2.22. The van der Waals surface area contributed by atoms with Crippen molar-refractivity contribution in [2.24, 2.45) is 0 Å². The summed E-state index contributed by atoms with van der Waals surface area (Å²) < 4.78 is 1.94. The number of fused-ring (bicyclic) bond motifs is 1. The van der Waals surface area contributed by atoms with Crippen LogP contribution in [-0.2, 0) is 6.54 Å². The lowest BCUT2D eigenvalue weighted by Crippen LogP contribution is -2.05. The average Bonchev–Trinajstić information content (AvgIpc) is 2.68. The third kappa shape index (κ3) is 1.71. The van der Waals surface area contributed by atoms with Crippen LogP contribution in [0.25, 0.3) is 11.0 Å². The van der Waals surface area contributed by atoms with E-state index in [-0.39, 0.29) is 0 Å². The minimum atomic E-state index is 0.504. The first kappa shape index (κ1) is 9.77. The van der Waals surface area contributed by atoms with Crippen LogP contribution in [0.4, 0.5) is 5.95 Å². The second-order valence-corrected chi connectivity index (χ2v) is 3.75. The zero-order valence-electron chi connectivity index (χ0n) is 9.11. The van der Waals surface area contributed by atoms with Gasteiger partial charge in [-0.05, 0) is 18.2 Å². The normalized spacial score (nSPS) is 10.8. The summed E-state index contributed by atoms with van der Waals surface area (Å²) in [5, 5.41) is 0. The van der Waals surface area contributed by atoms with Gasteiger partial charge in [-0.3, -0.25) is 0 Å². The predicted molar refractivity (Wildman–Crippen MR) is 65.3 cm³/mol. The molecule has 0 unspecified atom stereocenters. The van der Waals surface area contributed by atoms with Crippen molar-refractivity contribution < 1.29 is 0 Å². The molecule has 5 heteroatoms. The lowest BCUT2D eigenvalue weighted by molar-refractivity contribution is 0.803. The second-order valence-electron chi connectivity index (χ2n) is 3.75. The molecule has 0 bridgehead atoms. The Morgan fingerprint density at radius 2 is 2.06 bits per heavy atom. The summed E-state index contributed by atoms with van der Waals surface area (Å²) in [6, 6.07) is 9.74. The van der Waals surface area contributed by atoms with Gasteiger partial charge >= 0.3 is 0 Å². The molecule has 3 aromatic rings. The number of rotatable bonds is 2. The maximum Gasteiger partial charge on any atom is 0.201 e. The molecule has 2 aromatic heterocycles. The van der Waals surface area contributed by atoms with Crippen molar-refractivity contribution >= 4 is 17.0 Å². The first-order valence-electron chi connectivity index (χ1n) is 5.30. The lowest BCUT2D eigenvalue weighted by Gasteiger charge is -2.05. The second kappa shape index (κ2) is 3.86.